The quantitative estimate of drug-likeness (QED) is 0.385. The molecule has 2 heteroatoms. The molecule has 3 aromatic rings. The Balaban J connectivity index is 0.00000261. The van der Waals surface area contributed by atoms with E-state index in [1.807, 2.05) is 0 Å². The number of hydrogen-bond acceptors (Lipinski definition) is 0. The fourth-order valence-electron chi connectivity index (χ4n) is 3.83. The predicted molar refractivity (Wildman–Crippen MR) is 119 cm³/mol. The number of benzene rings is 3. The lowest BCUT2D eigenvalue weighted by atomic mass is 10.2. The second-order valence-corrected chi connectivity index (χ2v) is 10.6. The highest BCUT2D eigenvalue weighted by Gasteiger charge is 2.44. The molecule has 0 spiro atoms. The highest BCUT2D eigenvalue weighted by atomic mass is 35.5. The highest BCUT2D eigenvalue weighted by molar-refractivity contribution is 7.95. The molecule has 0 aromatic heterocycles. The van der Waals surface area contributed by atoms with Crippen LogP contribution in [0.15, 0.2) is 91.0 Å². The van der Waals surface area contributed by atoms with Gasteiger partial charge in [0.25, 0.3) is 0 Å². The van der Waals surface area contributed by atoms with Crippen molar-refractivity contribution in [2.24, 2.45) is 0 Å². The number of rotatable bonds is 9. The van der Waals surface area contributed by atoms with Gasteiger partial charge in [-0.15, -0.1) is 0 Å². The van der Waals surface area contributed by atoms with Gasteiger partial charge in [0.2, 0.25) is 0 Å². The average Bonchev–Trinajstić information content (AvgIpc) is 2.73. The first-order chi connectivity index (χ1) is 12.9. The maximum absolute atomic E-state index is 2.35. The van der Waals surface area contributed by atoms with Crippen LogP contribution in [0.5, 0.6) is 0 Å². The van der Waals surface area contributed by atoms with Crippen molar-refractivity contribution < 1.29 is 12.4 Å². The van der Waals surface area contributed by atoms with E-state index in [0.717, 1.165) is 0 Å². The Bertz CT molecular complexity index is 659. The van der Waals surface area contributed by atoms with Crippen molar-refractivity contribution >= 4 is 23.2 Å². The van der Waals surface area contributed by atoms with Crippen LogP contribution in [-0.4, -0.2) is 6.16 Å². The molecular weight excluding hydrogens is 367 g/mol. The van der Waals surface area contributed by atoms with Gasteiger partial charge in [-0.3, -0.25) is 0 Å². The van der Waals surface area contributed by atoms with Crippen LogP contribution in [0.3, 0.4) is 0 Å². The summed E-state index contributed by atoms with van der Waals surface area (Å²) in [4.78, 5) is 0. The molecule has 0 saturated carbocycles. The Morgan fingerprint density at radius 2 is 0.889 bits per heavy atom. The first-order valence-electron chi connectivity index (χ1n) is 9.93. The summed E-state index contributed by atoms with van der Waals surface area (Å²) in [5.74, 6) is 0. The van der Waals surface area contributed by atoms with Gasteiger partial charge in [-0.1, -0.05) is 80.8 Å². The Morgan fingerprint density at radius 3 is 1.26 bits per heavy atom. The van der Waals surface area contributed by atoms with Gasteiger partial charge >= 0.3 is 0 Å². The van der Waals surface area contributed by atoms with E-state index >= 15 is 0 Å². The summed E-state index contributed by atoms with van der Waals surface area (Å²) in [6.07, 6.45) is 7.90. The topological polar surface area (TPSA) is 0 Å². The summed E-state index contributed by atoms with van der Waals surface area (Å²) in [7, 11) is -1.60. The van der Waals surface area contributed by atoms with Crippen LogP contribution in [0.2, 0.25) is 0 Å². The molecule has 0 heterocycles. The molecule has 0 aliphatic heterocycles. The molecule has 0 radical (unpaired) electrons. The molecule has 0 amide bonds. The molecule has 27 heavy (non-hydrogen) atoms. The first kappa shape index (κ1) is 21.7. The van der Waals surface area contributed by atoms with Crippen LogP contribution in [0.25, 0.3) is 0 Å². The molecular formula is C25H30ClP. The normalized spacial score (nSPS) is 11.0. The van der Waals surface area contributed by atoms with E-state index in [1.54, 1.807) is 0 Å². The Morgan fingerprint density at radius 1 is 0.519 bits per heavy atom. The van der Waals surface area contributed by atoms with Crippen LogP contribution in [0, 0.1) is 0 Å². The Kier molecular flexibility index (Phi) is 9.05. The summed E-state index contributed by atoms with van der Waals surface area (Å²) in [5, 5.41) is 4.52. The van der Waals surface area contributed by atoms with Gasteiger partial charge in [-0.25, -0.2) is 0 Å². The summed E-state index contributed by atoms with van der Waals surface area (Å²) >= 11 is 0. The lowest BCUT2D eigenvalue weighted by molar-refractivity contribution is -0.00000521. The summed E-state index contributed by atoms with van der Waals surface area (Å²) in [6, 6.07) is 33.7. The van der Waals surface area contributed by atoms with Crippen molar-refractivity contribution in [1.82, 2.24) is 0 Å². The molecule has 3 aromatic carbocycles. The Labute approximate surface area is 171 Å². The molecule has 142 valence electrons. The van der Waals surface area contributed by atoms with Gasteiger partial charge < -0.3 is 12.4 Å². The number of halogens is 1. The SMILES string of the molecule is CCCCCCC[P+](c1ccccc1)(c1ccccc1)c1ccccc1.[Cl-]. The van der Waals surface area contributed by atoms with Crippen molar-refractivity contribution in [1.29, 1.82) is 0 Å². The third kappa shape index (κ3) is 5.22. The van der Waals surface area contributed by atoms with E-state index in [9.17, 15) is 0 Å². The zero-order chi connectivity index (χ0) is 18.1. The molecule has 0 fully saturated rings. The van der Waals surface area contributed by atoms with Crippen LogP contribution in [-0.2, 0) is 0 Å². The summed E-state index contributed by atoms with van der Waals surface area (Å²) < 4.78 is 0. The second-order valence-electron chi connectivity index (χ2n) is 6.95. The van der Waals surface area contributed by atoms with E-state index in [-0.39, 0.29) is 12.4 Å². The zero-order valence-corrected chi connectivity index (χ0v) is 17.9. The van der Waals surface area contributed by atoms with Gasteiger partial charge in [-0.05, 0) is 49.2 Å². The van der Waals surface area contributed by atoms with Crippen molar-refractivity contribution in [2.45, 2.75) is 39.0 Å². The molecule has 0 aliphatic carbocycles. The molecule has 3 rings (SSSR count). The lowest BCUT2D eigenvalue weighted by Crippen LogP contribution is -3.00. The standard InChI is InChI=1S/C25H30P.ClH/c1-2-3-4-5-15-22-26(23-16-9-6-10-17-23,24-18-11-7-12-19-24)25-20-13-8-14-21-25;/h6-14,16-21H,2-5,15,22H2,1H3;1H/q+1;/p-1. The fourth-order valence-corrected chi connectivity index (χ4v) is 8.24. The Hall–Kier alpha value is -1.62. The first-order valence-corrected chi connectivity index (χ1v) is 11.9. The van der Waals surface area contributed by atoms with E-state index in [1.165, 1.54) is 54.2 Å². The maximum Gasteiger partial charge on any atom is 0.112 e. The summed E-state index contributed by atoms with van der Waals surface area (Å²) in [6.45, 7) is 2.29. The molecule has 0 aliphatic rings. The van der Waals surface area contributed by atoms with E-state index in [0.29, 0.717) is 0 Å². The summed E-state index contributed by atoms with van der Waals surface area (Å²) in [5.41, 5.74) is 0. The lowest BCUT2D eigenvalue weighted by Gasteiger charge is -2.27. The molecule has 0 unspecified atom stereocenters. The predicted octanol–water partition coefficient (Wildman–Crippen LogP) is 2.95. The van der Waals surface area contributed by atoms with Crippen LogP contribution < -0.4 is 28.3 Å². The molecule has 0 bridgehead atoms. The number of unbranched alkanes of at least 4 members (excludes halogenated alkanes) is 4. The smallest absolute Gasteiger partial charge is 0.112 e. The largest absolute Gasteiger partial charge is 1.00 e. The molecule has 0 nitrogen and oxygen atoms in total. The van der Waals surface area contributed by atoms with Gasteiger partial charge in [0.15, 0.2) is 0 Å². The third-order valence-corrected chi connectivity index (χ3v) is 9.71. The van der Waals surface area contributed by atoms with Gasteiger partial charge in [0.05, 0.1) is 6.16 Å². The molecule has 0 N–H and O–H groups in total. The van der Waals surface area contributed by atoms with Crippen molar-refractivity contribution in [3.05, 3.63) is 91.0 Å². The highest BCUT2D eigenvalue weighted by Crippen LogP contribution is 2.55. The van der Waals surface area contributed by atoms with Crippen molar-refractivity contribution in [2.75, 3.05) is 6.16 Å². The fraction of sp³-hybridized carbons (Fsp3) is 0.280. The van der Waals surface area contributed by atoms with E-state index < -0.39 is 7.26 Å². The molecule has 0 saturated heterocycles. The second kappa shape index (κ2) is 11.3. The maximum atomic E-state index is 2.35. The average molecular weight is 397 g/mol. The van der Waals surface area contributed by atoms with Crippen molar-refractivity contribution in [3.8, 4) is 0 Å². The monoisotopic (exact) mass is 396 g/mol. The van der Waals surface area contributed by atoms with Gasteiger partial charge in [0, 0.05) is 0 Å². The minimum atomic E-state index is -1.60. The van der Waals surface area contributed by atoms with E-state index in [2.05, 4.69) is 97.9 Å². The van der Waals surface area contributed by atoms with Crippen LogP contribution in [0.1, 0.15) is 39.0 Å². The van der Waals surface area contributed by atoms with Crippen LogP contribution in [0.4, 0.5) is 0 Å². The minimum absolute atomic E-state index is 0. The van der Waals surface area contributed by atoms with E-state index in [4.69, 9.17) is 0 Å². The molecule has 0 atom stereocenters. The zero-order valence-electron chi connectivity index (χ0n) is 16.2. The van der Waals surface area contributed by atoms with Crippen LogP contribution >= 0.6 is 7.26 Å². The minimum Gasteiger partial charge on any atom is -1.00 e. The number of hydrogen-bond donors (Lipinski definition) is 0. The third-order valence-electron chi connectivity index (χ3n) is 5.19. The van der Waals surface area contributed by atoms with Crippen molar-refractivity contribution in [3.63, 3.8) is 0 Å². The van der Waals surface area contributed by atoms with Gasteiger partial charge in [-0.2, -0.15) is 0 Å². The van der Waals surface area contributed by atoms with Gasteiger partial charge in [0.1, 0.15) is 23.2 Å².